The van der Waals surface area contributed by atoms with Crippen molar-refractivity contribution in [2.75, 3.05) is 53.0 Å². The molecule has 4 amide bonds. The number of rotatable bonds is 5. The van der Waals surface area contributed by atoms with Gasteiger partial charge in [0.1, 0.15) is 12.1 Å². The molecule has 0 saturated carbocycles. The molecular formula is C21H29N5O6. The number of esters is 1. The van der Waals surface area contributed by atoms with Crippen LogP contribution in [-0.4, -0.2) is 109 Å². The standard InChI is InChI=1S/C21H29N5O6/c1-15(27)25-6-7-26(21(30)24-8-10-32-11-9-24)18(14-25)19(28)23-17(20(29)31-2)12-16-4-3-5-22-13-16/h3-5,13,17-18H,6-12,14H2,1-2H3,(H,23,28). The Kier molecular flexibility index (Phi) is 7.98. The molecule has 1 N–H and O–H groups in total. The highest BCUT2D eigenvalue weighted by molar-refractivity contribution is 5.91. The molecule has 2 aliphatic heterocycles. The number of carbonyl (C=O) groups excluding carboxylic acids is 4. The minimum atomic E-state index is -0.954. The highest BCUT2D eigenvalue weighted by atomic mass is 16.5. The van der Waals surface area contributed by atoms with Crippen LogP contribution in [0.2, 0.25) is 0 Å². The Morgan fingerprint density at radius 1 is 1.19 bits per heavy atom. The number of methoxy groups -OCH3 is 1. The number of nitrogens with zero attached hydrogens (tertiary/aromatic N) is 4. The van der Waals surface area contributed by atoms with Crippen LogP contribution in [0, 0.1) is 0 Å². The predicted octanol–water partition coefficient (Wildman–Crippen LogP) is -0.733. The molecule has 11 heteroatoms. The van der Waals surface area contributed by atoms with E-state index in [1.54, 1.807) is 29.4 Å². The number of carbonyl (C=O) groups is 4. The number of nitrogens with one attached hydrogen (secondary N) is 1. The molecule has 2 atom stereocenters. The summed E-state index contributed by atoms with van der Waals surface area (Å²) in [7, 11) is 1.25. The number of piperazine rings is 1. The van der Waals surface area contributed by atoms with E-state index in [9.17, 15) is 19.2 Å². The van der Waals surface area contributed by atoms with Crippen molar-refractivity contribution < 1.29 is 28.7 Å². The molecule has 174 valence electrons. The Bertz CT molecular complexity index is 829. The maximum Gasteiger partial charge on any atom is 0.328 e. The van der Waals surface area contributed by atoms with Crippen LogP contribution >= 0.6 is 0 Å². The normalized spacial score (nSPS) is 19.8. The zero-order valence-corrected chi connectivity index (χ0v) is 18.4. The molecule has 2 saturated heterocycles. The monoisotopic (exact) mass is 447 g/mol. The van der Waals surface area contributed by atoms with E-state index in [0.29, 0.717) is 32.8 Å². The van der Waals surface area contributed by atoms with E-state index < -0.39 is 24.0 Å². The van der Waals surface area contributed by atoms with Crippen molar-refractivity contribution in [2.45, 2.75) is 25.4 Å². The van der Waals surface area contributed by atoms with Crippen LogP contribution in [0.15, 0.2) is 24.5 Å². The summed E-state index contributed by atoms with van der Waals surface area (Å²) in [4.78, 5) is 59.4. The topological polar surface area (TPSA) is 121 Å². The summed E-state index contributed by atoms with van der Waals surface area (Å²) >= 11 is 0. The minimum absolute atomic E-state index is 0.0536. The highest BCUT2D eigenvalue weighted by Crippen LogP contribution is 2.15. The van der Waals surface area contributed by atoms with E-state index in [1.165, 1.54) is 23.8 Å². The third kappa shape index (κ3) is 5.72. The van der Waals surface area contributed by atoms with Gasteiger partial charge in [-0.15, -0.1) is 0 Å². The molecule has 1 aromatic rings. The van der Waals surface area contributed by atoms with E-state index in [2.05, 4.69) is 10.3 Å². The summed E-state index contributed by atoms with van der Waals surface area (Å²) in [5.74, 6) is -1.30. The first kappa shape index (κ1) is 23.5. The van der Waals surface area contributed by atoms with Crippen molar-refractivity contribution in [3.05, 3.63) is 30.1 Å². The maximum atomic E-state index is 13.3. The van der Waals surface area contributed by atoms with Crippen molar-refractivity contribution in [3.8, 4) is 0 Å². The molecule has 1 aromatic heterocycles. The Hall–Kier alpha value is -3.21. The fourth-order valence-electron chi connectivity index (χ4n) is 3.82. The summed E-state index contributed by atoms with van der Waals surface area (Å²) < 4.78 is 10.2. The number of pyridine rings is 1. The number of ether oxygens (including phenoxy) is 2. The van der Waals surface area contributed by atoms with Crippen LogP contribution in [0.25, 0.3) is 0 Å². The van der Waals surface area contributed by atoms with Crippen LogP contribution < -0.4 is 5.32 Å². The summed E-state index contributed by atoms with van der Waals surface area (Å²) in [5, 5.41) is 2.72. The fourth-order valence-corrected chi connectivity index (χ4v) is 3.82. The highest BCUT2D eigenvalue weighted by Gasteiger charge is 2.39. The molecule has 0 radical (unpaired) electrons. The summed E-state index contributed by atoms with van der Waals surface area (Å²) in [6.07, 6.45) is 3.41. The van der Waals surface area contributed by atoms with Gasteiger partial charge in [-0.1, -0.05) is 6.07 Å². The molecule has 11 nitrogen and oxygen atoms in total. The average molecular weight is 447 g/mol. The van der Waals surface area contributed by atoms with Gasteiger partial charge in [-0.3, -0.25) is 14.6 Å². The quantitative estimate of drug-likeness (QED) is 0.591. The van der Waals surface area contributed by atoms with Crippen LogP contribution in [0.4, 0.5) is 4.79 Å². The van der Waals surface area contributed by atoms with Gasteiger partial charge >= 0.3 is 12.0 Å². The molecule has 0 aromatic carbocycles. The Balaban J connectivity index is 1.77. The van der Waals surface area contributed by atoms with Gasteiger partial charge in [0.05, 0.1) is 26.9 Å². The average Bonchev–Trinajstić information content (AvgIpc) is 2.83. The van der Waals surface area contributed by atoms with Gasteiger partial charge in [0.15, 0.2) is 0 Å². The Morgan fingerprint density at radius 2 is 1.94 bits per heavy atom. The molecule has 0 spiro atoms. The van der Waals surface area contributed by atoms with E-state index in [1.807, 2.05) is 0 Å². The number of amides is 4. The molecule has 2 fully saturated rings. The first-order chi connectivity index (χ1) is 15.4. The van der Waals surface area contributed by atoms with Gasteiger partial charge in [-0.2, -0.15) is 0 Å². The third-order valence-electron chi connectivity index (χ3n) is 5.62. The van der Waals surface area contributed by atoms with Gasteiger partial charge in [-0.05, 0) is 11.6 Å². The second kappa shape index (κ2) is 10.9. The molecule has 2 unspecified atom stereocenters. The second-order valence-corrected chi connectivity index (χ2v) is 7.71. The molecule has 2 aliphatic rings. The molecule has 0 bridgehead atoms. The molecule has 32 heavy (non-hydrogen) atoms. The lowest BCUT2D eigenvalue weighted by molar-refractivity contribution is -0.146. The van der Waals surface area contributed by atoms with Crippen molar-refractivity contribution in [1.29, 1.82) is 0 Å². The Labute approximate surface area is 186 Å². The van der Waals surface area contributed by atoms with Gasteiger partial charge in [0.2, 0.25) is 11.8 Å². The fraction of sp³-hybridized carbons (Fsp3) is 0.571. The molecule has 0 aliphatic carbocycles. The SMILES string of the molecule is COC(=O)C(Cc1cccnc1)NC(=O)C1CN(C(C)=O)CCN1C(=O)N1CCOCC1. The lowest BCUT2D eigenvalue weighted by Crippen LogP contribution is -2.65. The van der Waals surface area contributed by atoms with Crippen molar-refractivity contribution in [1.82, 2.24) is 25.0 Å². The molecule has 3 rings (SSSR count). The molecule has 3 heterocycles. The van der Waals surface area contributed by atoms with Gasteiger partial charge in [0, 0.05) is 51.9 Å². The summed E-state index contributed by atoms with van der Waals surface area (Å²) in [6.45, 7) is 3.78. The van der Waals surface area contributed by atoms with E-state index in [-0.39, 0.29) is 31.4 Å². The molecular weight excluding hydrogens is 418 g/mol. The van der Waals surface area contributed by atoms with Gasteiger partial charge in [-0.25, -0.2) is 9.59 Å². The van der Waals surface area contributed by atoms with E-state index in [4.69, 9.17) is 9.47 Å². The van der Waals surface area contributed by atoms with Gasteiger partial charge < -0.3 is 29.5 Å². The Morgan fingerprint density at radius 3 is 2.56 bits per heavy atom. The third-order valence-corrected chi connectivity index (χ3v) is 5.62. The largest absolute Gasteiger partial charge is 0.467 e. The zero-order valence-electron chi connectivity index (χ0n) is 18.4. The first-order valence-corrected chi connectivity index (χ1v) is 10.6. The van der Waals surface area contributed by atoms with Crippen LogP contribution in [0.5, 0.6) is 0 Å². The maximum absolute atomic E-state index is 13.3. The zero-order chi connectivity index (χ0) is 23.1. The number of hydrogen-bond acceptors (Lipinski definition) is 7. The number of aromatic nitrogens is 1. The lowest BCUT2D eigenvalue weighted by Gasteiger charge is -2.43. The van der Waals surface area contributed by atoms with E-state index >= 15 is 0 Å². The van der Waals surface area contributed by atoms with Crippen molar-refractivity contribution >= 4 is 23.8 Å². The van der Waals surface area contributed by atoms with E-state index in [0.717, 1.165) is 5.56 Å². The second-order valence-electron chi connectivity index (χ2n) is 7.71. The summed E-state index contributed by atoms with van der Waals surface area (Å²) in [5.41, 5.74) is 0.749. The first-order valence-electron chi connectivity index (χ1n) is 10.6. The minimum Gasteiger partial charge on any atom is -0.467 e. The number of hydrogen-bond donors (Lipinski definition) is 1. The summed E-state index contributed by atoms with van der Waals surface area (Å²) in [6, 6.07) is 1.37. The smallest absolute Gasteiger partial charge is 0.328 e. The van der Waals surface area contributed by atoms with Crippen molar-refractivity contribution in [2.24, 2.45) is 0 Å². The number of urea groups is 1. The lowest BCUT2D eigenvalue weighted by atomic mass is 10.1. The van der Waals surface area contributed by atoms with Gasteiger partial charge in [0.25, 0.3) is 0 Å². The van der Waals surface area contributed by atoms with Crippen LogP contribution in [0.1, 0.15) is 12.5 Å². The predicted molar refractivity (Wildman–Crippen MR) is 112 cm³/mol. The number of morpholine rings is 1. The van der Waals surface area contributed by atoms with Crippen LogP contribution in [-0.2, 0) is 30.3 Å². The van der Waals surface area contributed by atoms with Crippen LogP contribution in [0.3, 0.4) is 0 Å². The van der Waals surface area contributed by atoms with Crippen molar-refractivity contribution in [3.63, 3.8) is 0 Å².